The molecule has 0 amide bonds. The topological polar surface area (TPSA) is 62.1 Å². The smallest absolute Gasteiger partial charge is 0.188 e. The predicted molar refractivity (Wildman–Crippen MR) is 212 cm³/mol. The molecule has 0 N–H and O–H groups in total. The van der Waals surface area contributed by atoms with Crippen LogP contribution in [0.2, 0.25) is 0 Å². The van der Waals surface area contributed by atoms with Crippen LogP contribution in [0.3, 0.4) is 0 Å². The third-order valence-corrected chi connectivity index (χ3v) is 11.4. The highest BCUT2D eigenvalue weighted by Crippen LogP contribution is 2.63. The highest BCUT2D eigenvalue weighted by molar-refractivity contribution is 6.11. The number of nitrogens with zero attached hydrogens (tertiary/aromatic N) is 6. The molecule has 2 aliphatic rings. The second kappa shape index (κ2) is 10.5. The van der Waals surface area contributed by atoms with Gasteiger partial charge in [0.2, 0.25) is 0 Å². The van der Waals surface area contributed by atoms with Crippen molar-refractivity contribution in [1.82, 2.24) is 24.1 Å². The van der Waals surface area contributed by atoms with Gasteiger partial charge in [0.05, 0.1) is 57.3 Å². The molecular weight excluding hydrogens is 665 g/mol. The van der Waals surface area contributed by atoms with E-state index >= 15 is 0 Å². The van der Waals surface area contributed by atoms with E-state index < -0.39 is 5.41 Å². The van der Waals surface area contributed by atoms with Crippen LogP contribution < -0.4 is 4.74 Å². The quantitative estimate of drug-likeness (QED) is 0.169. The average Bonchev–Trinajstić information content (AvgIpc) is 3.85. The van der Waals surface area contributed by atoms with Crippen LogP contribution in [-0.2, 0) is 5.41 Å². The van der Waals surface area contributed by atoms with Crippen LogP contribution in [0, 0.1) is 6.57 Å². The van der Waals surface area contributed by atoms with Crippen LogP contribution in [0.5, 0.6) is 11.5 Å². The highest BCUT2D eigenvalue weighted by atomic mass is 16.5. The van der Waals surface area contributed by atoms with Crippen molar-refractivity contribution in [3.05, 3.63) is 192 Å². The summed E-state index contributed by atoms with van der Waals surface area (Å²) in [5, 5.41) is 4.44. The third-order valence-electron chi connectivity index (χ3n) is 11.4. The number of fused-ring (bicyclic) bond motifs is 15. The Kier molecular flexibility index (Phi) is 5.65. The lowest BCUT2D eigenvalue weighted by molar-refractivity contribution is 0.435. The number of aromatic nitrogens is 5. The van der Waals surface area contributed by atoms with E-state index in [9.17, 15) is 0 Å². The zero-order valence-corrected chi connectivity index (χ0v) is 28.6. The minimum absolute atomic E-state index is 0.611. The fraction of sp³-hybridized carbons (Fsp3) is 0.0213. The molecule has 0 bridgehead atoms. The van der Waals surface area contributed by atoms with Gasteiger partial charge in [0.15, 0.2) is 5.69 Å². The molecule has 0 radical (unpaired) electrons. The summed E-state index contributed by atoms with van der Waals surface area (Å²) in [7, 11) is 0. The molecule has 6 heterocycles. The van der Waals surface area contributed by atoms with E-state index in [1.165, 1.54) is 5.39 Å². The number of hydrogen-bond donors (Lipinski definition) is 0. The summed E-state index contributed by atoms with van der Waals surface area (Å²) in [5.41, 5.74) is 11.8. The van der Waals surface area contributed by atoms with Crippen molar-refractivity contribution in [3.8, 4) is 34.3 Å². The largest absolute Gasteiger partial charge is 0.457 e. The number of hydrogen-bond acceptors (Lipinski definition) is 4. The van der Waals surface area contributed by atoms with Crippen LogP contribution in [0.4, 0.5) is 5.69 Å². The molecule has 54 heavy (non-hydrogen) atoms. The normalized spacial score (nSPS) is 13.5. The SMILES string of the molecule is [C-]#[N+]c1ccc2c(c1)c1ccccc1n2-c1cccc2c1C1(c3ccc(-n4c5ccccc5c5ccncc54)cc3O2)c2cccnc2-c2ncccc21. The first-order valence-corrected chi connectivity index (χ1v) is 17.9. The molecule has 7 nitrogen and oxygen atoms in total. The molecule has 0 atom stereocenters. The molecule has 1 aliphatic carbocycles. The molecule has 0 fully saturated rings. The standard InChI is InChI=1S/C47H26N6O/c1-48-28-17-20-39-33(25-28)31-10-3-5-14-38(31)53(39)40-15-6-16-42-44(40)47(35-11-7-22-50-45(35)46-36(47)12-8-23-51-46)34-19-18-29(26-43(34)54-42)52-37-13-4-2-9-30(37)32-21-24-49-27-41(32)52/h2-27H. The van der Waals surface area contributed by atoms with Crippen LogP contribution in [0.15, 0.2) is 158 Å². The lowest BCUT2D eigenvalue weighted by Crippen LogP contribution is -2.33. The minimum atomic E-state index is -0.818. The number of benzene rings is 5. The predicted octanol–water partition coefficient (Wildman–Crippen LogP) is 11.1. The summed E-state index contributed by atoms with van der Waals surface area (Å²) < 4.78 is 11.7. The first-order valence-electron chi connectivity index (χ1n) is 17.9. The number of ether oxygens (including phenoxy) is 1. The van der Waals surface area contributed by atoms with E-state index in [0.717, 1.165) is 94.7 Å². The molecule has 0 saturated heterocycles. The molecular formula is C47H26N6O. The maximum Gasteiger partial charge on any atom is 0.188 e. The summed E-state index contributed by atoms with van der Waals surface area (Å²) in [4.78, 5) is 18.3. The highest BCUT2D eigenvalue weighted by Gasteiger charge is 2.54. The fourth-order valence-electron chi connectivity index (χ4n) is 9.35. The minimum Gasteiger partial charge on any atom is -0.457 e. The van der Waals surface area contributed by atoms with Gasteiger partial charge in [0, 0.05) is 57.6 Å². The van der Waals surface area contributed by atoms with Gasteiger partial charge in [-0.3, -0.25) is 15.0 Å². The van der Waals surface area contributed by atoms with E-state index in [-0.39, 0.29) is 0 Å². The second-order valence-corrected chi connectivity index (χ2v) is 13.9. The van der Waals surface area contributed by atoms with Gasteiger partial charge in [-0.1, -0.05) is 66.7 Å². The van der Waals surface area contributed by atoms with Crippen molar-refractivity contribution < 1.29 is 4.74 Å². The molecule has 7 heteroatoms. The summed E-state index contributed by atoms with van der Waals surface area (Å²) >= 11 is 0. The van der Waals surface area contributed by atoms with Gasteiger partial charge >= 0.3 is 0 Å². The van der Waals surface area contributed by atoms with Crippen LogP contribution >= 0.6 is 0 Å². The summed E-state index contributed by atoms with van der Waals surface area (Å²) in [6, 6.07) is 46.3. The van der Waals surface area contributed by atoms with Crippen molar-refractivity contribution in [2.24, 2.45) is 0 Å². The maximum atomic E-state index is 7.76. The van der Waals surface area contributed by atoms with Crippen molar-refractivity contribution in [2.45, 2.75) is 5.41 Å². The van der Waals surface area contributed by atoms with Gasteiger partial charge in [-0.15, -0.1) is 0 Å². The second-order valence-electron chi connectivity index (χ2n) is 13.9. The Morgan fingerprint density at radius 3 is 2.02 bits per heavy atom. The molecule has 1 aliphatic heterocycles. The lowest BCUT2D eigenvalue weighted by atomic mass is 9.65. The van der Waals surface area contributed by atoms with Crippen LogP contribution in [-0.4, -0.2) is 24.1 Å². The third kappa shape index (κ3) is 3.56. The molecule has 5 aromatic heterocycles. The number of para-hydroxylation sites is 2. The van der Waals surface area contributed by atoms with Crippen molar-refractivity contribution in [2.75, 3.05) is 0 Å². The van der Waals surface area contributed by atoms with E-state index in [1.807, 2.05) is 49.1 Å². The Hall–Kier alpha value is -7.56. The molecule has 1 spiro atoms. The zero-order valence-electron chi connectivity index (χ0n) is 28.6. The molecule has 0 saturated carbocycles. The summed E-state index contributed by atoms with van der Waals surface area (Å²) in [6.07, 6.45) is 7.49. The molecule has 12 rings (SSSR count). The average molecular weight is 691 g/mol. The lowest BCUT2D eigenvalue weighted by Gasteiger charge is -2.40. The van der Waals surface area contributed by atoms with E-state index in [2.05, 4.69) is 128 Å². The first-order chi connectivity index (χ1) is 26.8. The number of pyridine rings is 3. The van der Waals surface area contributed by atoms with E-state index in [4.69, 9.17) is 21.3 Å². The van der Waals surface area contributed by atoms with E-state index in [1.54, 1.807) is 0 Å². The molecule has 250 valence electrons. The number of rotatable bonds is 2. The Labute approximate surface area is 308 Å². The summed E-state index contributed by atoms with van der Waals surface area (Å²) in [5.74, 6) is 1.53. The summed E-state index contributed by atoms with van der Waals surface area (Å²) in [6.45, 7) is 7.76. The van der Waals surface area contributed by atoms with Crippen LogP contribution in [0.25, 0.3) is 71.2 Å². The molecule has 5 aromatic carbocycles. The Morgan fingerprint density at radius 2 is 1.24 bits per heavy atom. The van der Waals surface area contributed by atoms with Crippen molar-refractivity contribution >= 4 is 49.3 Å². The Morgan fingerprint density at radius 1 is 0.537 bits per heavy atom. The van der Waals surface area contributed by atoms with Crippen LogP contribution in [0.1, 0.15) is 22.3 Å². The monoisotopic (exact) mass is 690 g/mol. The molecule has 0 unspecified atom stereocenters. The van der Waals surface area contributed by atoms with Gasteiger partial charge in [0.25, 0.3) is 0 Å². The van der Waals surface area contributed by atoms with Gasteiger partial charge in [-0.05, 0) is 77.2 Å². The van der Waals surface area contributed by atoms with Gasteiger partial charge in [0.1, 0.15) is 11.5 Å². The zero-order chi connectivity index (χ0) is 35.5. The Bertz CT molecular complexity index is 3190. The molecule has 10 aromatic rings. The van der Waals surface area contributed by atoms with E-state index in [0.29, 0.717) is 5.69 Å². The van der Waals surface area contributed by atoms with Crippen molar-refractivity contribution in [3.63, 3.8) is 0 Å². The van der Waals surface area contributed by atoms with Gasteiger partial charge in [-0.25, -0.2) is 4.85 Å². The van der Waals surface area contributed by atoms with Gasteiger partial charge < -0.3 is 13.9 Å². The van der Waals surface area contributed by atoms with Gasteiger partial charge in [-0.2, -0.15) is 0 Å². The maximum absolute atomic E-state index is 7.76. The fourth-order valence-corrected chi connectivity index (χ4v) is 9.35. The Balaban J connectivity index is 1.21. The first kappa shape index (κ1) is 29.1. The van der Waals surface area contributed by atoms with Crippen molar-refractivity contribution in [1.29, 1.82) is 0 Å².